The summed E-state index contributed by atoms with van der Waals surface area (Å²) in [4.78, 5) is 6.33. The van der Waals surface area contributed by atoms with Crippen molar-refractivity contribution in [2.45, 2.75) is 6.54 Å². The van der Waals surface area contributed by atoms with E-state index in [0.717, 1.165) is 17.2 Å². The van der Waals surface area contributed by atoms with E-state index in [4.69, 9.17) is 0 Å². The molecule has 3 aromatic heterocycles. The lowest BCUT2D eigenvalue weighted by atomic mass is 10.3. The van der Waals surface area contributed by atoms with Gasteiger partial charge < -0.3 is 4.90 Å². The van der Waals surface area contributed by atoms with Gasteiger partial charge in [0.15, 0.2) is 5.65 Å². The van der Waals surface area contributed by atoms with Crippen molar-refractivity contribution in [2.24, 2.45) is 0 Å². The fraction of sp³-hybridized carbons (Fsp3) is 0.167. The molecule has 0 N–H and O–H groups in total. The first kappa shape index (κ1) is 10.6. The van der Waals surface area contributed by atoms with E-state index in [9.17, 15) is 0 Å². The van der Waals surface area contributed by atoms with E-state index < -0.39 is 0 Å². The maximum Gasteiger partial charge on any atom is 0.177 e. The van der Waals surface area contributed by atoms with E-state index in [1.165, 1.54) is 0 Å². The summed E-state index contributed by atoms with van der Waals surface area (Å²) < 4.78 is 1.66. The molecule has 0 atom stereocenters. The van der Waals surface area contributed by atoms with E-state index in [-0.39, 0.29) is 0 Å². The molecule has 0 bridgehead atoms. The molecule has 18 heavy (non-hydrogen) atoms. The first-order valence-electron chi connectivity index (χ1n) is 5.61. The molecule has 0 amide bonds. The van der Waals surface area contributed by atoms with E-state index in [1.807, 2.05) is 42.3 Å². The molecule has 0 aromatic carbocycles. The van der Waals surface area contributed by atoms with E-state index >= 15 is 0 Å². The molecule has 0 aliphatic heterocycles. The van der Waals surface area contributed by atoms with Gasteiger partial charge in [0.05, 0.1) is 12.2 Å². The van der Waals surface area contributed by atoms with Gasteiger partial charge in [0.25, 0.3) is 0 Å². The Bertz CT molecular complexity index is 648. The molecule has 6 nitrogen and oxygen atoms in total. The Labute approximate surface area is 104 Å². The molecule has 0 spiro atoms. The predicted octanol–water partition coefficient (Wildman–Crippen LogP) is 1.16. The van der Waals surface area contributed by atoms with Gasteiger partial charge in [-0.25, -0.2) is 0 Å². The highest BCUT2D eigenvalue weighted by Gasteiger charge is 2.06. The fourth-order valence-electron chi connectivity index (χ4n) is 1.74. The number of hydrogen-bond acceptors (Lipinski definition) is 5. The summed E-state index contributed by atoms with van der Waals surface area (Å²) in [6.07, 6.45) is 3.38. The minimum Gasteiger partial charge on any atom is -0.352 e. The van der Waals surface area contributed by atoms with Gasteiger partial charge in [-0.1, -0.05) is 6.07 Å². The Morgan fingerprint density at radius 3 is 3.00 bits per heavy atom. The average molecular weight is 240 g/mol. The fourth-order valence-corrected chi connectivity index (χ4v) is 1.74. The van der Waals surface area contributed by atoms with Crippen molar-refractivity contribution in [3.8, 4) is 0 Å². The number of hydrogen-bond donors (Lipinski definition) is 0. The van der Waals surface area contributed by atoms with Crippen LogP contribution < -0.4 is 4.90 Å². The lowest BCUT2D eigenvalue weighted by Crippen LogP contribution is -2.19. The SMILES string of the molecule is CN(Cc1ccccn1)c1ccc2nncn2n1. The van der Waals surface area contributed by atoms with Crippen LogP contribution in [0, 0.1) is 0 Å². The number of anilines is 1. The summed E-state index contributed by atoms with van der Waals surface area (Å²) in [6, 6.07) is 9.70. The Kier molecular flexibility index (Phi) is 2.60. The van der Waals surface area contributed by atoms with Gasteiger partial charge in [-0.05, 0) is 24.3 Å². The molecule has 0 saturated carbocycles. The highest BCUT2D eigenvalue weighted by molar-refractivity contribution is 5.44. The van der Waals surface area contributed by atoms with E-state index in [2.05, 4.69) is 20.3 Å². The molecule has 0 unspecified atom stereocenters. The largest absolute Gasteiger partial charge is 0.352 e. The van der Waals surface area contributed by atoms with Crippen LogP contribution >= 0.6 is 0 Å². The predicted molar refractivity (Wildman–Crippen MR) is 67.1 cm³/mol. The van der Waals surface area contributed by atoms with Crippen LogP contribution in [-0.4, -0.2) is 31.8 Å². The van der Waals surface area contributed by atoms with Gasteiger partial charge in [0, 0.05) is 13.2 Å². The van der Waals surface area contributed by atoms with E-state index in [1.54, 1.807) is 17.0 Å². The molecule has 3 aromatic rings. The number of rotatable bonds is 3. The minimum absolute atomic E-state index is 0.710. The molecule has 0 aliphatic rings. The second kappa shape index (κ2) is 4.40. The third kappa shape index (κ3) is 2.00. The molecule has 0 fully saturated rings. The lowest BCUT2D eigenvalue weighted by molar-refractivity contribution is 0.822. The van der Waals surface area contributed by atoms with Crippen LogP contribution in [0.3, 0.4) is 0 Å². The Balaban J connectivity index is 1.85. The van der Waals surface area contributed by atoms with Crippen molar-refractivity contribution < 1.29 is 0 Å². The molecule has 0 radical (unpaired) electrons. The van der Waals surface area contributed by atoms with Crippen LogP contribution in [0.4, 0.5) is 5.82 Å². The highest BCUT2D eigenvalue weighted by atomic mass is 15.4. The van der Waals surface area contributed by atoms with Gasteiger partial charge in [0.2, 0.25) is 0 Å². The Morgan fingerprint density at radius 1 is 1.22 bits per heavy atom. The average Bonchev–Trinajstić information content (AvgIpc) is 2.87. The molecule has 90 valence electrons. The second-order valence-electron chi connectivity index (χ2n) is 4.00. The van der Waals surface area contributed by atoms with Gasteiger partial charge in [-0.3, -0.25) is 4.98 Å². The molecule has 0 aliphatic carbocycles. The third-order valence-electron chi connectivity index (χ3n) is 2.66. The lowest BCUT2D eigenvalue weighted by Gasteiger charge is -2.17. The molecular weight excluding hydrogens is 228 g/mol. The first-order chi connectivity index (χ1) is 8.83. The van der Waals surface area contributed by atoms with Crippen molar-refractivity contribution in [1.29, 1.82) is 0 Å². The zero-order valence-corrected chi connectivity index (χ0v) is 9.93. The minimum atomic E-state index is 0.710. The third-order valence-corrected chi connectivity index (χ3v) is 2.66. The molecular formula is C12H12N6. The van der Waals surface area contributed by atoms with Gasteiger partial charge in [-0.15, -0.1) is 15.3 Å². The molecule has 3 rings (SSSR count). The van der Waals surface area contributed by atoms with Crippen LogP contribution in [0.2, 0.25) is 0 Å². The van der Waals surface area contributed by atoms with Crippen LogP contribution in [0.1, 0.15) is 5.69 Å². The van der Waals surface area contributed by atoms with Crippen LogP contribution in [0.25, 0.3) is 5.65 Å². The van der Waals surface area contributed by atoms with Crippen LogP contribution in [-0.2, 0) is 6.54 Å². The van der Waals surface area contributed by atoms with Crippen molar-refractivity contribution in [3.63, 3.8) is 0 Å². The van der Waals surface area contributed by atoms with Gasteiger partial charge >= 0.3 is 0 Å². The summed E-state index contributed by atoms with van der Waals surface area (Å²) in [5.74, 6) is 0.855. The number of nitrogens with zero attached hydrogens (tertiary/aromatic N) is 6. The Morgan fingerprint density at radius 2 is 2.17 bits per heavy atom. The standard InChI is InChI=1S/C12H12N6/c1-17(8-10-4-2-3-7-13-10)12-6-5-11-15-14-9-18(11)16-12/h2-7,9H,8H2,1H3. The number of aromatic nitrogens is 5. The van der Waals surface area contributed by atoms with Crippen molar-refractivity contribution >= 4 is 11.5 Å². The molecule has 0 saturated heterocycles. The summed E-state index contributed by atoms with van der Waals surface area (Å²) in [6.45, 7) is 0.710. The Hall–Kier alpha value is -2.50. The monoisotopic (exact) mass is 240 g/mol. The van der Waals surface area contributed by atoms with Gasteiger partial charge in [0.1, 0.15) is 12.1 Å². The maximum atomic E-state index is 4.42. The highest BCUT2D eigenvalue weighted by Crippen LogP contribution is 2.11. The zero-order chi connectivity index (χ0) is 12.4. The molecule has 3 heterocycles. The maximum absolute atomic E-state index is 4.42. The zero-order valence-electron chi connectivity index (χ0n) is 9.93. The van der Waals surface area contributed by atoms with Crippen molar-refractivity contribution in [2.75, 3.05) is 11.9 Å². The summed E-state index contributed by atoms with van der Waals surface area (Å²) >= 11 is 0. The van der Waals surface area contributed by atoms with E-state index in [0.29, 0.717) is 6.54 Å². The van der Waals surface area contributed by atoms with Crippen molar-refractivity contribution in [3.05, 3.63) is 48.5 Å². The first-order valence-corrected chi connectivity index (χ1v) is 5.61. The molecule has 6 heteroatoms. The topological polar surface area (TPSA) is 59.2 Å². The normalized spacial score (nSPS) is 10.7. The van der Waals surface area contributed by atoms with Crippen LogP contribution in [0.5, 0.6) is 0 Å². The van der Waals surface area contributed by atoms with Crippen LogP contribution in [0.15, 0.2) is 42.9 Å². The summed E-state index contributed by atoms with van der Waals surface area (Å²) in [5, 5.41) is 12.1. The quantitative estimate of drug-likeness (QED) is 0.687. The van der Waals surface area contributed by atoms with Gasteiger partial charge in [-0.2, -0.15) is 4.52 Å². The smallest absolute Gasteiger partial charge is 0.177 e. The summed E-state index contributed by atoms with van der Waals surface area (Å²) in [7, 11) is 1.98. The second-order valence-corrected chi connectivity index (χ2v) is 4.00. The number of fused-ring (bicyclic) bond motifs is 1. The summed E-state index contributed by atoms with van der Waals surface area (Å²) in [5.41, 5.74) is 1.75. The number of pyridine rings is 1. The van der Waals surface area contributed by atoms with Crippen molar-refractivity contribution in [1.82, 2.24) is 24.8 Å².